The van der Waals surface area contributed by atoms with Crippen molar-refractivity contribution < 1.29 is 9.53 Å². The summed E-state index contributed by atoms with van der Waals surface area (Å²) in [7, 11) is 3.47. The number of nitrogens with zero attached hydrogens (tertiary/aromatic N) is 2. The lowest BCUT2D eigenvalue weighted by Gasteiger charge is -2.26. The van der Waals surface area contributed by atoms with Gasteiger partial charge < -0.3 is 14.5 Å². The van der Waals surface area contributed by atoms with Crippen LogP contribution >= 0.6 is 0 Å². The molecule has 4 heteroatoms. The van der Waals surface area contributed by atoms with Crippen LogP contribution in [0.5, 0.6) is 5.75 Å². The molecular formula is C18H22N2O2. The third kappa shape index (κ3) is 3.16. The van der Waals surface area contributed by atoms with Gasteiger partial charge in [-0.05, 0) is 48.3 Å². The summed E-state index contributed by atoms with van der Waals surface area (Å²) in [6.07, 6.45) is 8.48. The van der Waals surface area contributed by atoms with Crippen LogP contribution in [-0.4, -0.2) is 49.5 Å². The first-order valence-electron chi connectivity index (χ1n) is 7.71. The number of carbonyl (C=O) groups excluding carboxylic acids is 1. The summed E-state index contributed by atoms with van der Waals surface area (Å²) in [6.45, 7) is 2.18. The van der Waals surface area contributed by atoms with E-state index in [0.29, 0.717) is 0 Å². The molecule has 0 fully saturated rings. The lowest BCUT2D eigenvalue weighted by Crippen LogP contribution is -2.27. The first-order valence-corrected chi connectivity index (χ1v) is 7.71. The van der Waals surface area contributed by atoms with E-state index in [9.17, 15) is 4.79 Å². The minimum absolute atomic E-state index is 0.0233. The molecule has 0 atom stereocenters. The van der Waals surface area contributed by atoms with Crippen molar-refractivity contribution in [3.63, 3.8) is 0 Å². The normalized spacial score (nSPS) is 16.3. The van der Waals surface area contributed by atoms with Crippen molar-refractivity contribution in [2.24, 2.45) is 0 Å². The van der Waals surface area contributed by atoms with Crippen LogP contribution in [-0.2, 0) is 17.6 Å². The second-order valence-corrected chi connectivity index (χ2v) is 5.95. The molecule has 0 spiro atoms. The van der Waals surface area contributed by atoms with Crippen molar-refractivity contribution in [3.8, 4) is 5.75 Å². The van der Waals surface area contributed by atoms with Crippen LogP contribution in [0.1, 0.15) is 11.1 Å². The minimum Gasteiger partial charge on any atom is -0.484 e. The molecule has 0 bridgehead atoms. The van der Waals surface area contributed by atoms with Gasteiger partial charge >= 0.3 is 0 Å². The first kappa shape index (κ1) is 14.7. The fraction of sp³-hybridized carbons (Fsp3) is 0.389. The number of allylic oxidation sites excluding steroid dienone is 3. The lowest BCUT2D eigenvalue weighted by molar-refractivity contribution is -0.130. The highest BCUT2D eigenvalue weighted by molar-refractivity contribution is 5.77. The van der Waals surface area contributed by atoms with Gasteiger partial charge in [0.15, 0.2) is 6.61 Å². The molecule has 1 aromatic rings. The average Bonchev–Trinajstić information content (AvgIpc) is 2.65. The lowest BCUT2D eigenvalue weighted by atomic mass is 10.0. The number of rotatable bonds is 4. The van der Waals surface area contributed by atoms with Gasteiger partial charge in [-0.3, -0.25) is 4.79 Å². The van der Waals surface area contributed by atoms with E-state index in [1.54, 1.807) is 19.0 Å². The van der Waals surface area contributed by atoms with Crippen LogP contribution in [0.4, 0.5) is 0 Å². The van der Waals surface area contributed by atoms with E-state index in [1.807, 2.05) is 6.07 Å². The van der Waals surface area contributed by atoms with Crippen LogP contribution in [0.25, 0.3) is 0 Å². The Morgan fingerprint density at radius 3 is 2.59 bits per heavy atom. The van der Waals surface area contributed by atoms with E-state index in [0.717, 1.165) is 31.7 Å². The Morgan fingerprint density at radius 1 is 1.23 bits per heavy atom. The van der Waals surface area contributed by atoms with E-state index in [-0.39, 0.29) is 12.5 Å². The van der Waals surface area contributed by atoms with E-state index in [1.165, 1.54) is 16.8 Å². The molecule has 1 heterocycles. The summed E-state index contributed by atoms with van der Waals surface area (Å²) in [6, 6.07) is 6.20. The zero-order chi connectivity index (χ0) is 15.5. The quantitative estimate of drug-likeness (QED) is 0.852. The first-order chi connectivity index (χ1) is 10.6. The third-order valence-electron chi connectivity index (χ3n) is 4.24. The number of ether oxygens (including phenoxy) is 1. The van der Waals surface area contributed by atoms with Crippen LogP contribution in [0, 0.1) is 0 Å². The van der Waals surface area contributed by atoms with Crippen molar-refractivity contribution in [3.05, 3.63) is 53.3 Å². The number of carbonyl (C=O) groups is 1. The van der Waals surface area contributed by atoms with E-state index >= 15 is 0 Å². The Hall–Kier alpha value is -2.23. The second-order valence-electron chi connectivity index (χ2n) is 5.95. The predicted molar refractivity (Wildman–Crippen MR) is 86.8 cm³/mol. The molecule has 1 aromatic carbocycles. The molecule has 0 saturated heterocycles. The molecule has 0 N–H and O–H groups in total. The van der Waals surface area contributed by atoms with Crippen molar-refractivity contribution >= 4 is 5.91 Å². The highest BCUT2D eigenvalue weighted by atomic mass is 16.5. The summed E-state index contributed by atoms with van der Waals surface area (Å²) in [5.74, 6) is 0.759. The average molecular weight is 298 g/mol. The molecular weight excluding hydrogens is 276 g/mol. The van der Waals surface area contributed by atoms with Gasteiger partial charge in [0.1, 0.15) is 5.75 Å². The Morgan fingerprint density at radius 2 is 1.95 bits per heavy atom. The smallest absolute Gasteiger partial charge is 0.259 e. The molecule has 0 unspecified atom stereocenters. The Labute approximate surface area is 131 Å². The minimum atomic E-state index is -0.0233. The topological polar surface area (TPSA) is 32.8 Å². The standard InChI is InChI=1S/C18H22N2O2/c1-19(2)18(21)13-22-17-7-6-14-8-10-20(16-4-3-5-16)11-9-15(14)12-17/h3-7,12H,8-11,13H2,1-2H3. The number of amides is 1. The summed E-state index contributed by atoms with van der Waals surface area (Å²) in [4.78, 5) is 15.6. The zero-order valence-corrected chi connectivity index (χ0v) is 13.2. The number of hydrogen-bond donors (Lipinski definition) is 0. The third-order valence-corrected chi connectivity index (χ3v) is 4.24. The fourth-order valence-electron chi connectivity index (χ4n) is 2.72. The molecule has 0 aromatic heterocycles. The van der Waals surface area contributed by atoms with Gasteiger partial charge in [-0.15, -0.1) is 0 Å². The van der Waals surface area contributed by atoms with Gasteiger partial charge in [-0.2, -0.15) is 0 Å². The van der Waals surface area contributed by atoms with Gasteiger partial charge in [0.2, 0.25) is 0 Å². The number of hydrogen-bond acceptors (Lipinski definition) is 3. The van der Waals surface area contributed by atoms with Crippen LogP contribution in [0.3, 0.4) is 0 Å². The van der Waals surface area contributed by atoms with Gasteiger partial charge in [-0.25, -0.2) is 0 Å². The van der Waals surface area contributed by atoms with Crippen molar-refractivity contribution in [1.82, 2.24) is 9.80 Å². The van der Waals surface area contributed by atoms with E-state index < -0.39 is 0 Å². The largest absolute Gasteiger partial charge is 0.484 e. The van der Waals surface area contributed by atoms with Gasteiger partial charge in [-0.1, -0.05) is 12.1 Å². The Balaban J connectivity index is 1.64. The maximum absolute atomic E-state index is 11.6. The molecule has 1 amide bonds. The van der Waals surface area contributed by atoms with Crippen molar-refractivity contribution in [2.45, 2.75) is 12.8 Å². The van der Waals surface area contributed by atoms with Crippen LogP contribution in [0.2, 0.25) is 0 Å². The fourth-order valence-corrected chi connectivity index (χ4v) is 2.72. The van der Waals surface area contributed by atoms with Gasteiger partial charge in [0, 0.05) is 32.9 Å². The maximum Gasteiger partial charge on any atom is 0.259 e. The Bertz CT molecular complexity index is 632. The van der Waals surface area contributed by atoms with Crippen molar-refractivity contribution in [1.29, 1.82) is 0 Å². The maximum atomic E-state index is 11.6. The predicted octanol–water partition coefficient (Wildman–Crippen LogP) is 2.01. The molecule has 1 aliphatic carbocycles. The number of likely N-dealkylation sites (N-methyl/N-ethyl adjacent to an activating group) is 1. The van der Waals surface area contributed by atoms with Crippen LogP contribution in [0.15, 0.2) is 42.1 Å². The summed E-state index contributed by atoms with van der Waals surface area (Å²) in [5, 5.41) is 0. The van der Waals surface area contributed by atoms with Gasteiger partial charge in [0.05, 0.1) is 0 Å². The van der Waals surface area contributed by atoms with E-state index in [4.69, 9.17) is 4.74 Å². The van der Waals surface area contributed by atoms with Gasteiger partial charge in [0.25, 0.3) is 5.91 Å². The monoisotopic (exact) mass is 298 g/mol. The summed E-state index contributed by atoms with van der Waals surface area (Å²) in [5.41, 5.74) is 4.06. The second kappa shape index (κ2) is 6.26. The molecule has 1 aliphatic heterocycles. The highest BCUT2D eigenvalue weighted by Gasteiger charge is 2.17. The van der Waals surface area contributed by atoms with E-state index in [2.05, 4.69) is 35.3 Å². The zero-order valence-electron chi connectivity index (χ0n) is 13.2. The molecule has 4 nitrogen and oxygen atoms in total. The Kier molecular flexibility index (Phi) is 4.18. The summed E-state index contributed by atoms with van der Waals surface area (Å²) < 4.78 is 5.62. The molecule has 0 saturated carbocycles. The van der Waals surface area contributed by atoms with Crippen molar-refractivity contribution in [2.75, 3.05) is 33.8 Å². The highest BCUT2D eigenvalue weighted by Crippen LogP contribution is 2.24. The molecule has 2 aliphatic rings. The number of fused-ring (bicyclic) bond motifs is 1. The molecule has 0 radical (unpaired) electrons. The summed E-state index contributed by atoms with van der Waals surface area (Å²) >= 11 is 0. The van der Waals surface area contributed by atoms with Crippen LogP contribution < -0.4 is 4.74 Å². The number of benzene rings is 1. The SMILES string of the molecule is CN(C)C(=O)COc1ccc2c(c1)CCN(C1=CC=C1)CC2. The molecule has 116 valence electrons. The molecule has 22 heavy (non-hydrogen) atoms. The molecule has 3 rings (SSSR count).